The average Bonchev–Trinajstić information content (AvgIpc) is 2.80. The molecule has 0 amide bonds. The summed E-state index contributed by atoms with van der Waals surface area (Å²) in [6, 6.07) is 27.7. The third-order valence-electron chi connectivity index (χ3n) is 4.88. The van der Waals surface area contributed by atoms with E-state index in [0.717, 1.165) is 11.1 Å². The molecule has 0 fully saturated rings. The van der Waals surface area contributed by atoms with E-state index in [1.807, 2.05) is 48.5 Å². The first-order valence-electron chi connectivity index (χ1n) is 9.74. The molecule has 0 saturated carbocycles. The van der Waals surface area contributed by atoms with Crippen LogP contribution in [0.5, 0.6) is 0 Å². The van der Waals surface area contributed by atoms with E-state index in [-0.39, 0.29) is 11.4 Å². The van der Waals surface area contributed by atoms with Crippen LogP contribution in [0.15, 0.2) is 97.1 Å². The van der Waals surface area contributed by atoms with Crippen molar-refractivity contribution in [1.82, 2.24) is 0 Å². The Morgan fingerprint density at radius 2 is 0.781 bits per heavy atom. The van der Waals surface area contributed by atoms with Crippen molar-refractivity contribution >= 4 is 34.1 Å². The Balaban J connectivity index is 1.76. The molecule has 0 aliphatic carbocycles. The van der Waals surface area contributed by atoms with Crippen molar-refractivity contribution in [3.63, 3.8) is 0 Å². The lowest BCUT2D eigenvalue weighted by molar-refractivity contribution is -0.384. The van der Waals surface area contributed by atoms with Crippen LogP contribution in [0.4, 0.5) is 34.1 Å². The maximum Gasteiger partial charge on any atom is 0.292 e. The molecule has 4 aromatic rings. The first-order valence-corrected chi connectivity index (χ1v) is 9.74. The first kappa shape index (κ1) is 20.5. The van der Waals surface area contributed by atoms with Crippen molar-refractivity contribution in [2.45, 2.75) is 0 Å². The highest BCUT2D eigenvalue weighted by molar-refractivity contribution is 5.90. The van der Waals surface area contributed by atoms with Crippen molar-refractivity contribution < 1.29 is 9.85 Å². The van der Waals surface area contributed by atoms with Gasteiger partial charge in [0.15, 0.2) is 0 Å². The van der Waals surface area contributed by atoms with Gasteiger partial charge in [0.1, 0.15) is 11.4 Å². The van der Waals surface area contributed by atoms with Crippen LogP contribution in [0.2, 0.25) is 0 Å². The monoisotopic (exact) mass is 426 g/mol. The SMILES string of the molecule is O=[N+]([O-])c1ccccc1Nc1ccccc1-c1ccccc1Nc1ccccc1[N+](=O)[O-]. The molecule has 0 heterocycles. The Bertz CT molecular complexity index is 1210. The molecule has 158 valence electrons. The zero-order valence-corrected chi connectivity index (χ0v) is 16.8. The largest absolute Gasteiger partial charge is 0.349 e. The summed E-state index contributed by atoms with van der Waals surface area (Å²) in [4.78, 5) is 22.0. The van der Waals surface area contributed by atoms with Crippen LogP contribution in [-0.4, -0.2) is 9.85 Å². The molecule has 0 atom stereocenters. The van der Waals surface area contributed by atoms with Gasteiger partial charge in [0.2, 0.25) is 0 Å². The zero-order valence-electron chi connectivity index (χ0n) is 16.8. The van der Waals surface area contributed by atoms with E-state index in [4.69, 9.17) is 0 Å². The Kier molecular flexibility index (Phi) is 5.76. The molecule has 2 N–H and O–H groups in total. The molecule has 0 radical (unpaired) electrons. The predicted molar refractivity (Wildman–Crippen MR) is 125 cm³/mol. The molecule has 8 heteroatoms. The molecule has 8 nitrogen and oxygen atoms in total. The highest BCUT2D eigenvalue weighted by Crippen LogP contribution is 2.38. The van der Waals surface area contributed by atoms with Crippen LogP contribution in [0.3, 0.4) is 0 Å². The number of anilines is 4. The van der Waals surface area contributed by atoms with Gasteiger partial charge in [0.25, 0.3) is 11.4 Å². The number of nitrogens with one attached hydrogen (secondary N) is 2. The van der Waals surface area contributed by atoms with Crippen LogP contribution >= 0.6 is 0 Å². The summed E-state index contributed by atoms with van der Waals surface area (Å²) in [6.45, 7) is 0. The van der Waals surface area contributed by atoms with Gasteiger partial charge in [0.05, 0.1) is 9.85 Å². The summed E-state index contributed by atoms with van der Waals surface area (Å²) >= 11 is 0. The van der Waals surface area contributed by atoms with E-state index in [1.165, 1.54) is 12.1 Å². The number of rotatable bonds is 7. The summed E-state index contributed by atoms with van der Waals surface area (Å²) < 4.78 is 0. The Morgan fingerprint density at radius 3 is 1.16 bits per heavy atom. The molecule has 4 rings (SSSR count). The maximum absolute atomic E-state index is 11.4. The van der Waals surface area contributed by atoms with Gasteiger partial charge >= 0.3 is 0 Å². The molecule has 0 aliphatic rings. The van der Waals surface area contributed by atoms with Crippen molar-refractivity contribution in [2.75, 3.05) is 10.6 Å². The lowest BCUT2D eigenvalue weighted by Crippen LogP contribution is -2.00. The van der Waals surface area contributed by atoms with Crippen LogP contribution in [0.25, 0.3) is 11.1 Å². The summed E-state index contributed by atoms with van der Waals surface area (Å²) in [6.07, 6.45) is 0. The fourth-order valence-electron chi connectivity index (χ4n) is 3.42. The Hall–Kier alpha value is -4.72. The Labute approximate surface area is 183 Å². The summed E-state index contributed by atoms with van der Waals surface area (Å²) in [5.41, 5.74) is 3.57. The minimum atomic E-state index is -0.436. The van der Waals surface area contributed by atoms with Crippen molar-refractivity contribution in [3.8, 4) is 11.1 Å². The van der Waals surface area contributed by atoms with Crippen molar-refractivity contribution in [3.05, 3.63) is 117 Å². The van der Waals surface area contributed by atoms with E-state index in [1.54, 1.807) is 36.4 Å². The molecule has 32 heavy (non-hydrogen) atoms. The summed E-state index contributed by atoms with van der Waals surface area (Å²) in [7, 11) is 0. The molecule has 0 spiro atoms. The lowest BCUT2D eigenvalue weighted by atomic mass is 10.0. The van der Waals surface area contributed by atoms with E-state index >= 15 is 0 Å². The molecule has 0 bridgehead atoms. The van der Waals surface area contributed by atoms with Crippen molar-refractivity contribution in [1.29, 1.82) is 0 Å². The van der Waals surface area contributed by atoms with Crippen LogP contribution in [0, 0.1) is 20.2 Å². The third-order valence-corrected chi connectivity index (χ3v) is 4.88. The minimum Gasteiger partial charge on any atom is -0.349 e. The van der Waals surface area contributed by atoms with E-state index < -0.39 is 9.85 Å². The molecular weight excluding hydrogens is 408 g/mol. The number of nitro benzene ring substituents is 2. The number of hydrogen-bond donors (Lipinski definition) is 2. The summed E-state index contributed by atoms with van der Waals surface area (Å²) in [5, 5.41) is 29.2. The van der Waals surface area contributed by atoms with Gasteiger partial charge in [-0.05, 0) is 24.3 Å². The average molecular weight is 426 g/mol. The maximum atomic E-state index is 11.4. The highest BCUT2D eigenvalue weighted by atomic mass is 16.6. The topological polar surface area (TPSA) is 110 Å². The number of benzene rings is 4. The van der Waals surface area contributed by atoms with Gasteiger partial charge in [-0.2, -0.15) is 0 Å². The number of nitro groups is 2. The zero-order chi connectivity index (χ0) is 22.5. The fourth-order valence-corrected chi connectivity index (χ4v) is 3.42. The normalized spacial score (nSPS) is 10.4. The third kappa shape index (κ3) is 4.24. The second kappa shape index (κ2) is 8.97. The highest BCUT2D eigenvalue weighted by Gasteiger charge is 2.17. The van der Waals surface area contributed by atoms with Gasteiger partial charge < -0.3 is 10.6 Å². The second-order valence-corrected chi connectivity index (χ2v) is 6.89. The standard InChI is InChI=1S/C24H18N4O4/c29-27(30)23-15-7-5-13-21(23)25-19-11-3-1-9-17(19)18-10-2-4-12-20(18)26-22-14-6-8-16-24(22)28(31)32/h1-16,25-26H. The van der Waals surface area contributed by atoms with Crippen LogP contribution in [-0.2, 0) is 0 Å². The quantitative estimate of drug-likeness (QED) is 0.253. The Morgan fingerprint density at radius 1 is 0.469 bits per heavy atom. The number of para-hydroxylation sites is 6. The van der Waals surface area contributed by atoms with Crippen LogP contribution in [0.1, 0.15) is 0 Å². The van der Waals surface area contributed by atoms with Gasteiger partial charge in [-0.3, -0.25) is 20.2 Å². The number of nitrogens with zero attached hydrogens (tertiary/aromatic N) is 2. The smallest absolute Gasteiger partial charge is 0.292 e. The lowest BCUT2D eigenvalue weighted by Gasteiger charge is -2.16. The molecule has 0 aromatic heterocycles. The van der Waals surface area contributed by atoms with Gasteiger partial charge in [0, 0.05) is 34.6 Å². The second-order valence-electron chi connectivity index (χ2n) is 6.89. The van der Waals surface area contributed by atoms with Gasteiger partial charge in [-0.25, -0.2) is 0 Å². The fraction of sp³-hybridized carbons (Fsp3) is 0. The molecular formula is C24H18N4O4. The molecule has 4 aromatic carbocycles. The number of hydrogen-bond acceptors (Lipinski definition) is 6. The van der Waals surface area contributed by atoms with Gasteiger partial charge in [-0.1, -0.05) is 60.7 Å². The predicted octanol–water partition coefficient (Wildman–Crippen LogP) is 6.66. The van der Waals surface area contributed by atoms with E-state index in [0.29, 0.717) is 22.7 Å². The van der Waals surface area contributed by atoms with Crippen LogP contribution < -0.4 is 10.6 Å². The summed E-state index contributed by atoms with van der Waals surface area (Å²) in [5.74, 6) is 0. The van der Waals surface area contributed by atoms with Crippen molar-refractivity contribution in [2.24, 2.45) is 0 Å². The molecule has 0 aliphatic heterocycles. The van der Waals surface area contributed by atoms with E-state index in [9.17, 15) is 20.2 Å². The molecule has 0 unspecified atom stereocenters. The van der Waals surface area contributed by atoms with Gasteiger partial charge in [-0.15, -0.1) is 0 Å². The van der Waals surface area contributed by atoms with E-state index in [2.05, 4.69) is 10.6 Å². The first-order chi connectivity index (χ1) is 15.5. The molecule has 0 saturated heterocycles. The minimum absolute atomic E-state index is 0.0337.